The molecular formula is C14H19N3O. The number of hydrogen-bond donors (Lipinski definition) is 2. The van der Waals surface area contributed by atoms with Gasteiger partial charge >= 0.3 is 0 Å². The van der Waals surface area contributed by atoms with Gasteiger partial charge in [-0.25, -0.2) is 0 Å². The van der Waals surface area contributed by atoms with Crippen molar-refractivity contribution >= 4 is 11.6 Å². The lowest BCUT2D eigenvalue weighted by Crippen LogP contribution is -2.30. The predicted molar refractivity (Wildman–Crippen MR) is 71.8 cm³/mol. The fourth-order valence-corrected chi connectivity index (χ4v) is 1.75. The van der Waals surface area contributed by atoms with Crippen LogP contribution in [0.25, 0.3) is 0 Å². The molecule has 3 N–H and O–H groups in total. The van der Waals surface area contributed by atoms with E-state index in [0.29, 0.717) is 23.7 Å². The highest BCUT2D eigenvalue weighted by molar-refractivity contribution is 5.92. The monoisotopic (exact) mass is 245 g/mol. The number of anilines is 1. The molecule has 18 heavy (non-hydrogen) atoms. The molecule has 1 aromatic rings. The van der Waals surface area contributed by atoms with Crippen LogP contribution in [0.2, 0.25) is 0 Å². The van der Waals surface area contributed by atoms with Crippen molar-refractivity contribution in [3.8, 4) is 6.07 Å². The molecular weight excluding hydrogens is 226 g/mol. The Balaban J connectivity index is 2.65. The van der Waals surface area contributed by atoms with Crippen LogP contribution in [0.5, 0.6) is 0 Å². The molecule has 4 heteroatoms. The van der Waals surface area contributed by atoms with Gasteiger partial charge in [-0.3, -0.25) is 4.79 Å². The van der Waals surface area contributed by atoms with E-state index in [1.807, 2.05) is 6.07 Å². The number of carbonyl (C=O) groups excluding carboxylic acids is 1. The molecule has 0 heterocycles. The Labute approximate surface area is 108 Å². The minimum atomic E-state index is -0.166. The highest BCUT2D eigenvalue weighted by Gasteiger charge is 2.18. The smallest absolute Gasteiger partial charge is 0.228 e. The number of hydrogen-bond acceptors (Lipinski definition) is 3. The van der Waals surface area contributed by atoms with Gasteiger partial charge in [-0.1, -0.05) is 13.8 Å². The topological polar surface area (TPSA) is 78.9 Å². The maximum atomic E-state index is 12.0. The van der Waals surface area contributed by atoms with Gasteiger partial charge in [-0.05, 0) is 36.6 Å². The summed E-state index contributed by atoms with van der Waals surface area (Å²) in [6.07, 6.45) is 0.776. The molecule has 4 nitrogen and oxygen atoms in total. The highest BCUT2D eigenvalue weighted by Crippen LogP contribution is 2.15. The first-order valence-electron chi connectivity index (χ1n) is 6.08. The van der Waals surface area contributed by atoms with E-state index in [-0.39, 0.29) is 11.8 Å². The van der Waals surface area contributed by atoms with Crippen molar-refractivity contribution in [2.45, 2.75) is 20.3 Å². The second-order valence-corrected chi connectivity index (χ2v) is 4.74. The summed E-state index contributed by atoms with van der Waals surface area (Å²) in [7, 11) is 0. The number of benzene rings is 1. The minimum absolute atomic E-state index is 0.0593. The SMILES string of the molecule is CC(C)CC(CN)C(=O)Nc1ccc(C#N)cc1. The summed E-state index contributed by atoms with van der Waals surface area (Å²) >= 11 is 0. The van der Waals surface area contributed by atoms with Gasteiger partial charge in [0, 0.05) is 12.2 Å². The van der Waals surface area contributed by atoms with E-state index in [2.05, 4.69) is 19.2 Å². The fraction of sp³-hybridized carbons (Fsp3) is 0.429. The van der Waals surface area contributed by atoms with Crippen molar-refractivity contribution in [2.24, 2.45) is 17.6 Å². The van der Waals surface area contributed by atoms with Crippen molar-refractivity contribution < 1.29 is 4.79 Å². The van der Waals surface area contributed by atoms with Crippen molar-refractivity contribution in [2.75, 3.05) is 11.9 Å². The Morgan fingerprint density at radius 2 is 2.00 bits per heavy atom. The maximum Gasteiger partial charge on any atom is 0.228 e. The number of amides is 1. The van der Waals surface area contributed by atoms with Crippen molar-refractivity contribution in [1.82, 2.24) is 0 Å². The third-order valence-corrected chi connectivity index (χ3v) is 2.69. The lowest BCUT2D eigenvalue weighted by Gasteiger charge is -2.16. The van der Waals surface area contributed by atoms with Crippen LogP contribution < -0.4 is 11.1 Å². The van der Waals surface area contributed by atoms with E-state index in [9.17, 15) is 4.79 Å². The van der Waals surface area contributed by atoms with Crippen LogP contribution in [-0.4, -0.2) is 12.5 Å². The molecule has 0 aliphatic carbocycles. The van der Waals surface area contributed by atoms with Gasteiger partial charge in [0.1, 0.15) is 0 Å². The third kappa shape index (κ3) is 4.19. The molecule has 96 valence electrons. The van der Waals surface area contributed by atoms with Crippen LogP contribution in [0.3, 0.4) is 0 Å². The number of nitriles is 1. The third-order valence-electron chi connectivity index (χ3n) is 2.69. The van der Waals surface area contributed by atoms with Gasteiger partial charge in [-0.2, -0.15) is 5.26 Å². The first-order valence-corrected chi connectivity index (χ1v) is 6.08. The second kappa shape index (κ2) is 6.77. The van der Waals surface area contributed by atoms with Gasteiger partial charge in [0.25, 0.3) is 0 Å². The average Bonchev–Trinajstić information content (AvgIpc) is 2.36. The summed E-state index contributed by atoms with van der Waals surface area (Å²) in [6.45, 7) is 4.48. The largest absolute Gasteiger partial charge is 0.330 e. The Morgan fingerprint density at radius 1 is 1.39 bits per heavy atom. The Kier molecular flexibility index (Phi) is 5.34. The van der Waals surface area contributed by atoms with Gasteiger partial charge in [0.05, 0.1) is 17.6 Å². The molecule has 0 spiro atoms. The molecule has 1 unspecified atom stereocenters. The second-order valence-electron chi connectivity index (χ2n) is 4.74. The van der Waals surface area contributed by atoms with Crippen LogP contribution in [0.1, 0.15) is 25.8 Å². The standard InChI is InChI=1S/C14H19N3O/c1-10(2)7-12(9-16)14(18)17-13-5-3-11(8-15)4-6-13/h3-6,10,12H,7,9,16H2,1-2H3,(H,17,18). The van der Waals surface area contributed by atoms with E-state index < -0.39 is 0 Å². The van der Waals surface area contributed by atoms with E-state index in [4.69, 9.17) is 11.0 Å². The number of nitrogens with one attached hydrogen (secondary N) is 1. The minimum Gasteiger partial charge on any atom is -0.330 e. The Bertz CT molecular complexity index is 431. The number of rotatable bonds is 5. The summed E-state index contributed by atoms with van der Waals surface area (Å²) < 4.78 is 0. The highest BCUT2D eigenvalue weighted by atomic mass is 16.1. The molecule has 0 aromatic heterocycles. The van der Waals surface area contributed by atoms with Gasteiger partial charge in [-0.15, -0.1) is 0 Å². The van der Waals surface area contributed by atoms with Crippen molar-refractivity contribution in [1.29, 1.82) is 5.26 Å². The zero-order valence-corrected chi connectivity index (χ0v) is 10.8. The molecule has 1 atom stereocenters. The first kappa shape index (κ1) is 14.2. The number of nitrogens with two attached hydrogens (primary N) is 1. The van der Waals surface area contributed by atoms with E-state index in [0.717, 1.165) is 6.42 Å². The number of nitrogens with zero attached hydrogens (tertiary/aromatic N) is 1. The zero-order chi connectivity index (χ0) is 13.5. The fourth-order valence-electron chi connectivity index (χ4n) is 1.75. The molecule has 1 aromatic carbocycles. The molecule has 0 saturated heterocycles. The van der Waals surface area contributed by atoms with E-state index >= 15 is 0 Å². The lowest BCUT2D eigenvalue weighted by molar-refractivity contribution is -0.120. The molecule has 0 saturated carbocycles. The van der Waals surface area contributed by atoms with Crippen molar-refractivity contribution in [3.05, 3.63) is 29.8 Å². The quantitative estimate of drug-likeness (QED) is 0.834. The molecule has 1 rings (SSSR count). The molecule has 0 aliphatic rings. The van der Waals surface area contributed by atoms with Crippen LogP contribution in [0.4, 0.5) is 5.69 Å². The number of carbonyl (C=O) groups is 1. The molecule has 1 amide bonds. The summed E-state index contributed by atoms with van der Waals surface area (Å²) in [6, 6.07) is 8.83. The first-order chi connectivity index (χ1) is 8.56. The molecule has 0 aliphatic heterocycles. The summed E-state index contributed by atoms with van der Waals surface area (Å²) in [5.74, 6) is 0.210. The zero-order valence-electron chi connectivity index (χ0n) is 10.8. The van der Waals surface area contributed by atoms with Gasteiger partial charge in [0.15, 0.2) is 0 Å². The van der Waals surface area contributed by atoms with Crippen LogP contribution >= 0.6 is 0 Å². The van der Waals surface area contributed by atoms with Crippen LogP contribution in [-0.2, 0) is 4.79 Å². The van der Waals surface area contributed by atoms with Crippen molar-refractivity contribution in [3.63, 3.8) is 0 Å². The van der Waals surface area contributed by atoms with Crippen LogP contribution in [0.15, 0.2) is 24.3 Å². The normalized spacial score (nSPS) is 11.9. The molecule has 0 fully saturated rings. The van der Waals surface area contributed by atoms with Gasteiger partial charge in [0.2, 0.25) is 5.91 Å². The Morgan fingerprint density at radius 3 is 2.44 bits per heavy atom. The molecule has 0 bridgehead atoms. The van der Waals surface area contributed by atoms with E-state index in [1.165, 1.54) is 0 Å². The Hall–Kier alpha value is -1.86. The average molecular weight is 245 g/mol. The summed E-state index contributed by atoms with van der Waals surface area (Å²) in [4.78, 5) is 12.0. The molecule has 0 radical (unpaired) electrons. The lowest BCUT2D eigenvalue weighted by atomic mass is 9.96. The predicted octanol–water partition coefficient (Wildman–Crippen LogP) is 2.12. The van der Waals surface area contributed by atoms with Crippen LogP contribution in [0, 0.1) is 23.2 Å². The van der Waals surface area contributed by atoms with Gasteiger partial charge < -0.3 is 11.1 Å². The summed E-state index contributed by atoms with van der Waals surface area (Å²) in [5.41, 5.74) is 6.89. The van der Waals surface area contributed by atoms with E-state index in [1.54, 1.807) is 24.3 Å². The summed E-state index contributed by atoms with van der Waals surface area (Å²) in [5, 5.41) is 11.5. The maximum absolute atomic E-state index is 12.0.